The number of carbonyl (C=O) groups excluding carboxylic acids is 1. The Kier molecular flexibility index (Phi) is 6.65. The number of ether oxygens (including phenoxy) is 3. The summed E-state index contributed by atoms with van der Waals surface area (Å²) in [4.78, 5) is 12.4. The van der Waals surface area contributed by atoms with Crippen LogP contribution in [0.15, 0.2) is 47.6 Å². The molecule has 7 nitrogen and oxygen atoms in total. The highest BCUT2D eigenvalue weighted by Crippen LogP contribution is 2.45. The number of fused-ring (bicyclic) bond motifs is 1. The number of hydrogen-bond donors (Lipinski definition) is 1. The van der Waals surface area contributed by atoms with Crippen LogP contribution >= 0.6 is 0 Å². The lowest BCUT2D eigenvalue weighted by atomic mass is 9.81. The van der Waals surface area contributed by atoms with Crippen LogP contribution in [0.5, 0.6) is 0 Å². The van der Waals surface area contributed by atoms with Gasteiger partial charge in [0.15, 0.2) is 6.29 Å². The summed E-state index contributed by atoms with van der Waals surface area (Å²) in [6.45, 7) is 1.62. The predicted molar refractivity (Wildman–Crippen MR) is 130 cm³/mol. The maximum absolute atomic E-state index is 12.4. The van der Waals surface area contributed by atoms with Crippen LogP contribution in [0.3, 0.4) is 0 Å². The number of carbonyl (C=O) groups is 1. The molecule has 0 atom stereocenters. The fourth-order valence-electron chi connectivity index (χ4n) is 5.45. The smallest absolute Gasteiger partial charge is 0.337 e. The van der Waals surface area contributed by atoms with Gasteiger partial charge in [0.25, 0.3) is 0 Å². The molecule has 1 aliphatic heterocycles. The van der Waals surface area contributed by atoms with Gasteiger partial charge in [-0.2, -0.15) is 0 Å². The fourth-order valence-corrected chi connectivity index (χ4v) is 5.45. The highest BCUT2D eigenvalue weighted by molar-refractivity contribution is 6.00. The Morgan fingerprint density at radius 2 is 1.91 bits per heavy atom. The summed E-state index contributed by atoms with van der Waals surface area (Å²) in [6.07, 6.45) is 7.01. The Morgan fingerprint density at radius 1 is 1.15 bits per heavy atom. The lowest BCUT2D eigenvalue weighted by Gasteiger charge is -2.24. The van der Waals surface area contributed by atoms with Crippen LogP contribution in [0.4, 0.5) is 0 Å². The molecule has 178 valence electrons. The standard InChI is InChI=1S/C27H30N2O5/c1-32-27(30)19-11-12-22-23(15-19)29(17-24-33-13-14-34-24)26(25(22)18-7-3-2-4-8-18)21-10-6-5-9-20(21)16-28-31/h5-6,9-12,15-16,18,24,31H,2-4,7-8,13-14,17H2,1H3/b28-16-. The molecule has 1 saturated carbocycles. The third-order valence-electron chi connectivity index (χ3n) is 6.97. The summed E-state index contributed by atoms with van der Waals surface area (Å²) < 4.78 is 18.9. The molecule has 0 spiro atoms. The summed E-state index contributed by atoms with van der Waals surface area (Å²) >= 11 is 0. The first-order chi connectivity index (χ1) is 16.7. The average molecular weight is 463 g/mol. The SMILES string of the molecule is COC(=O)c1ccc2c(C3CCCCC3)c(-c3ccccc3/C=N\O)n(CC3OCCO3)c2c1. The Labute approximate surface area is 198 Å². The van der Waals surface area contributed by atoms with Gasteiger partial charge in [0.05, 0.1) is 44.3 Å². The zero-order chi connectivity index (χ0) is 23.5. The van der Waals surface area contributed by atoms with Crippen molar-refractivity contribution in [2.75, 3.05) is 20.3 Å². The molecule has 0 radical (unpaired) electrons. The molecule has 0 amide bonds. The molecule has 1 saturated heterocycles. The quantitative estimate of drug-likeness (QED) is 0.232. The van der Waals surface area contributed by atoms with E-state index in [1.165, 1.54) is 38.2 Å². The van der Waals surface area contributed by atoms with Gasteiger partial charge in [-0.3, -0.25) is 0 Å². The normalized spacial score (nSPS) is 17.7. The van der Waals surface area contributed by atoms with Crippen LogP contribution in [-0.4, -0.2) is 48.6 Å². The summed E-state index contributed by atoms with van der Waals surface area (Å²) in [5.41, 5.74) is 5.62. The number of aromatic nitrogens is 1. The molecule has 2 aromatic carbocycles. The number of nitrogens with zero attached hydrogens (tertiary/aromatic N) is 2. The van der Waals surface area contributed by atoms with E-state index in [4.69, 9.17) is 14.2 Å². The minimum atomic E-state index is -0.367. The Morgan fingerprint density at radius 3 is 2.65 bits per heavy atom. The highest BCUT2D eigenvalue weighted by Gasteiger charge is 2.29. The maximum Gasteiger partial charge on any atom is 0.337 e. The highest BCUT2D eigenvalue weighted by atomic mass is 16.7. The zero-order valence-corrected chi connectivity index (χ0v) is 19.4. The van der Waals surface area contributed by atoms with Crippen molar-refractivity contribution >= 4 is 23.1 Å². The molecule has 1 N–H and O–H groups in total. The third-order valence-corrected chi connectivity index (χ3v) is 6.97. The van der Waals surface area contributed by atoms with Crippen molar-refractivity contribution in [1.29, 1.82) is 0 Å². The zero-order valence-electron chi connectivity index (χ0n) is 19.4. The molecule has 34 heavy (non-hydrogen) atoms. The number of methoxy groups -OCH3 is 1. The maximum atomic E-state index is 12.4. The number of hydrogen-bond acceptors (Lipinski definition) is 6. The molecule has 2 aliphatic rings. The van der Waals surface area contributed by atoms with E-state index in [1.54, 1.807) is 0 Å². The van der Waals surface area contributed by atoms with Gasteiger partial charge < -0.3 is 24.0 Å². The van der Waals surface area contributed by atoms with Gasteiger partial charge in [0, 0.05) is 22.0 Å². The first kappa shape index (κ1) is 22.6. The molecule has 3 aromatic rings. The van der Waals surface area contributed by atoms with E-state index in [-0.39, 0.29) is 12.3 Å². The van der Waals surface area contributed by atoms with E-state index < -0.39 is 0 Å². The Hall–Kier alpha value is -3.16. The van der Waals surface area contributed by atoms with Crippen molar-refractivity contribution in [2.24, 2.45) is 5.16 Å². The van der Waals surface area contributed by atoms with Gasteiger partial charge in [-0.25, -0.2) is 4.79 Å². The van der Waals surface area contributed by atoms with Crippen molar-refractivity contribution in [1.82, 2.24) is 4.57 Å². The van der Waals surface area contributed by atoms with Crippen molar-refractivity contribution in [3.8, 4) is 11.3 Å². The number of rotatable bonds is 6. The van der Waals surface area contributed by atoms with Crippen LogP contribution in [0.2, 0.25) is 0 Å². The summed E-state index contributed by atoms with van der Waals surface area (Å²) in [6, 6.07) is 13.7. The van der Waals surface area contributed by atoms with E-state index in [0.717, 1.165) is 40.6 Å². The molecule has 7 heteroatoms. The molecular weight excluding hydrogens is 432 g/mol. The predicted octanol–water partition coefficient (Wildman–Crippen LogP) is 5.32. The van der Waals surface area contributed by atoms with E-state index in [1.807, 2.05) is 36.4 Å². The summed E-state index contributed by atoms with van der Waals surface area (Å²) in [5, 5.41) is 13.8. The number of benzene rings is 2. The summed E-state index contributed by atoms with van der Waals surface area (Å²) in [5.74, 6) is 0.0395. The first-order valence-electron chi connectivity index (χ1n) is 12.0. The van der Waals surface area contributed by atoms with Gasteiger partial charge >= 0.3 is 5.97 Å². The van der Waals surface area contributed by atoms with Gasteiger partial charge in [-0.05, 0) is 36.5 Å². The van der Waals surface area contributed by atoms with Gasteiger partial charge in [-0.1, -0.05) is 54.8 Å². The minimum Gasteiger partial charge on any atom is -0.465 e. The molecular formula is C27H30N2O5. The minimum absolute atomic E-state index is 0.364. The van der Waals surface area contributed by atoms with Gasteiger partial charge in [0.2, 0.25) is 0 Å². The van der Waals surface area contributed by atoms with Crippen LogP contribution < -0.4 is 0 Å². The van der Waals surface area contributed by atoms with Crippen LogP contribution in [0.25, 0.3) is 22.2 Å². The van der Waals surface area contributed by atoms with E-state index in [9.17, 15) is 10.0 Å². The van der Waals surface area contributed by atoms with Gasteiger partial charge in [-0.15, -0.1) is 0 Å². The largest absolute Gasteiger partial charge is 0.465 e. The van der Waals surface area contributed by atoms with Gasteiger partial charge in [0.1, 0.15) is 0 Å². The van der Waals surface area contributed by atoms with Crippen LogP contribution in [0, 0.1) is 0 Å². The monoisotopic (exact) mass is 462 g/mol. The van der Waals surface area contributed by atoms with E-state index in [0.29, 0.717) is 31.2 Å². The van der Waals surface area contributed by atoms with Crippen molar-refractivity contribution in [3.63, 3.8) is 0 Å². The number of esters is 1. The first-order valence-corrected chi connectivity index (χ1v) is 12.0. The molecule has 1 aromatic heterocycles. The van der Waals surface area contributed by atoms with E-state index in [2.05, 4.69) is 15.8 Å². The van der Waals surface area contributed by atoms with E-state index >= 15 is 0 Å². The van der Waals surface area contributed by atoms with Crippen molar-refractivity contribution in [3.05, 3.63) is 59.2 Å². The van der Waals surface area contributed by atoms with Crippen molar-refractivity contribution < 1.29 is 24.2 Å². The second-order valence-corrected chi connectivity index (χ2v) is 8.93. The molecule has 2 fully saturated rings. The second kappa shape index (κ2) is 9.99. The molecule has 0 bridgehead atoms. The van der Waals surface area contributed by atoms with Crippen LogP contribution in [-0.2, 0) is 20.8 Å². The van der Waals surface area contributed by atoms with Crippen LogP contribution in [0.1, 0.15) is 59.5 Å². The molecule has 2 heterocycles. The average Bonchev–Trinajstić information content (AvgIpc) is 3.51. The lowest BCUT2D eigenvalue weighted by Crippen LogP contribution is -2.18. The summed E-state index contributed by atoms with van der Waals surface area (Å²) in [7, 11) is 1.40. The second-order valence-electron chi connectivity index (χ2n) is 8.93. The topological polar surface area (TPSA) is 82.3 Å². The Bertz CT molecular complexity index is 1200. The lowest BCUT2D eigenvalue weighted by molar-refractivity contribution is -0.0514. The molecule has 5 rings (SSSR count). The number of oxime groups is 1. The van der Waals surface area contributed by atoms with Crippen molar-refractivity contribution in [2.45, 2.75) is 50.9 Å². The Balaban J connectivity index is 1.81. The molecule has 1 aliphatic carbocycles. The molecule has 0 unspecified atom stereocenters. The fraction of sp³-hybridized carbons (Fsp3) is 0.407. The third kappa shape index (κ3) is 4.21.